The Balaban J connectivity index is 2.12. The first-order chi connectivity index (χ1) is 7.42. The van der Waals surface area contributed by atoms with E-state index in [1.807, 2.05) is 19.9 Å². The van der Waals surface area contributed by atoms with Crippen LogP contribution in [0.2, 0.25) is 0 Å². The highest BCUT2D eigenvalue weighted by Crippen LogP contribution is 2.35. The smallest absolute Gasteiger partial charge is 0.143 e. The van der Waals surface area contributed by atoms with E-state index in [2.05, 4.69) is 41.7 Å². The van der Waals surface area contributed by atoms with E-state index in [9.17, 15) is 5.11 Å². The monoisotopic (exact) mass is 348 g/mol. The predicted molar refractivity (Wildman–Crippen MR) is 71.6 cm³/mol. The van der Waals surface area contributed by atoms with E-state index >= 15 is 0 Å². The molecule has 1 aliphatic heterocycles. The summed E-state index contributed by atoms with van der Waals surface area (Å²) in [5, 5.41) is 10.2. The van der Waals surface area contributed by atoms with Crippen LogP contribution in [0.15, 0.2) is 21.2 Å². The van der Waals surface area contributed by atoms with Gasteiger partial charge in [0.1, 0.15) is 11.4 Å². The van der Waals surface area contributed by atoms with Gasteiger partial charge in [-0.15, -0.1) is 0 Å². The van der Waals surface area contributed by atoms with Crippen molar-refractivity contribution in [3.05, 3.63) is 21.2 Å². The van der Waals surface area contributed by atoms with Gasteiger partial charge >= 0.3 is 0 Å². The summed E-state index contributed by atoms with van der Waals surface area (Å²) in [6, 6.07) is 1.97. The van der Waals surface area contributed by atoms with E-state index in [4.69, 9.17) is 0 Å². The lowest BCUT2D eigenvalue weighted by Crippen LogP contribution is -2.65. The Morgan fingerprint density at radius 3 is 2.56 bits per heavy atom. The number of anilines is 1. The number of aliphatic hydroxyl groups is 1. The Morgan fingerprint density at radius 1 is 1.44 bits per heavy atom. The minimum atomic E-state index is -0.561. The first kappa shape index (κ1) is 12.3. The molecule has 0 saturated carbocycles. The minimum Gasteiger partial charge on any atom is -0.386 e. The number of halogens is 2. The molecule has 1 fully saturated rings. The molecule has 0 aromatic carbocycles. The summed E-state index contributed by atoms with van der Waals surface area (Å²) in [4.78, 5) is 6.43. The topological polar surface area (TPSA) is 36.4 Å². The van der Waals surface area contributed by atoms with Crippen LogP contribution in [0.5, 0.6) is 0 Å². The molecule has 0 bridgehead atoms. The summed E-state index contributed by atoms with van der Waals surface area (Å²) in [6.07, 6.45) is 1.77. The summed E-state index contributed by atoms with van der Waals surface area (Å²) in [6.45, 7) is 5.39. The number of pyridine rings is 1. The van der Waals surface area contributed by atoms with Gasteiger partial charge in [-0.25, -0.2) is 4.98 Å². The fourth-order valence-electron chi connectivity index (χ4n) is 1.77. The molecule has 0 aliphatic carbocycles. The normalized spacial score (nSPS) is 18.8. The molecule has 1 saturated heterocycles. The largest absolute Gasteiger partial charge is 0.386 e. The third-order valence-corrected chi connectivity index (χ3v) is 4.11. The highest BCUT2D eigenvalue weighted by Gasteiger charge is 2.44. The quantitative estimate of drug-likeness (QED) is 0.891. The fourth-order valence-corrected chi connectivity index (χ4v) is 3.01. The van der Waals surface area contributed by atoms with Gasteiger partial charge in [0.25, 0.3) is 0 Å². The Bertz CT molecular complexity index is 403. The second-order valence-corrected chi connectivity index (χ2v) is 6.34. The first-order valence-electron chi connectivity index (χ1n) is 5.21. The number of hydrogen-bond donors (Lipinski definition) is 1. The Kier molecular flexibility index (Phi) is 3.29. The number of nitrogens with zero attached hydrogens (tertiary/aromatic N) is 2. The van der Waals surface area contributed by atoms with Crippen LogP contribution in [0.1, 0.15) is 13.8 Å². The van der Waals surface area contributed by atoms with Gasteiger partial charge in [-0.3, -0.25) is 0 Å². The van der Waals surface area contributed by atoms with E-state index in [0.717, 1.165) is 14.8 Å². The standard InChI is InChI=1S/C11H14Br2N2O/c1-7(2)11(16)5-15(6-11)10-9(13)3-8(12)4-14-10/h3-4,7,16H,5-6H2,1-2H3. The molecule has 2 heterocycles. The second kappa shape index (κ2) is 4.27. The van der Waals surface area contributed by atoms with Crippen LogP contribution >= 0.6 is 31.9 Å². The molecular formula is C11H14Br2N2O. The van der Waals surface area contributed by atoms with Crippen molar-refractivity contribution in [2.75, 3.05) is 18.0 Å². The van der Waals surface area contributed by atoms with E-state index in [1.165, 1.54) is 0 Å². The molecular weight excluding hydrogens is 336 g/mol. The lowest BCUT2D eigenvalue weighted by molar-refractivity contribution is -0.0305. The van der Waals surface area contributed by atoms with Crippen molar-refractivity contribution in [2.45, 2.75) is 19.4 Å². The Labute approximate surface area is 112 Å². The van der Waals surface area contributed by atoms with Crippen LogP contribution in [-0.2, 0) is 0 Å². The second-order valence-electron chi connectivity index (χ2n) is 4.57. The van der Waals surface area contributed by atoms with Gasteiger partial charge in [-0.1, -0.05) is 13.8 Å². The van der Waals surface area contributed by atoms with Crippen molar-refractivity contribution in [3.8, 4) is 0 Å². The molecule has 0 radical (unpaired) electrons. The maximum Gasteiger partial charge on any atom is 0.143 e. The Hall–Kier alpha value is -0.130. The van der Waals surface area contributed by atoms with Gasteiger partial charge in [-0.05, 0) is 43.8 Å². The van der Waals surface area contributed by atoms with Crippen LogP contribution in [0.25, 0.3) is 0 Å². The zero-order chi connectivity index (χ0) is 11.9. The van der Waals surface area contributed by atoms with Crippen molar-refractivity contribution in [2.24, 2.45) is 5.92 Å². The average Bonchev–Trinajstić information content (AvgIpc) is 2.13. The van der Waals surface area contributed by atoms with Gasteiger partial charge in [0, 0.05) is 10.7 Å². The van der Waals surface area contributed by atoms with Gasteiger partial charge in [-0.2, -0.15) is 0 Å². The third kappa shape index (κ3) is 2.13. The molecule has 1 aliphatic rings. The summed E-state index contributed by atoms with van der Waals surface area (Å²) >= 11 is 6.85. The van der Waals surface area contributed by atoms with Crippen molar-refractivity contribution >= 4 is 37.7 Å². The number of aromatic nitrogens is 1. The summed E-state index contributed by atoms with van der Waals surface area (Å²) in [5.74, 6) is 1.17. The molecule has 0 spiro atoms. The maximum atomic E-state index is 10.2. The van der Waals surface area contributed by atoms with Crippen molar-refractivity contribution in [3.63, 3.8) is 0 Å². The lowest BCUT2D eigenvalue weighted by Gasteiger charge is -2.49. The summed E-state index contributed by atoms with van der Waals surface area (Å²) < 4.78 is 1.90. The van der Waals surface area contributed by atoms with E-state index in [1.54, 1.807) is 6.20 Å². The molecule has 16 heavy (non-hydrogen) atoms. The summed E-state index contributed by atoms with van der Waals surface area (Å²) in [7, 11) is 0. The van der Waals surface area contributed by atoms with Crippen molar-refractivity contribution < 1.29 is 5.11 Å². The molecule has 0 amide bonds. The van der Waals surface area contributed by atoms with Crippen LogP contribution in [-0.4, -0.2) is 28.8 Å². The molecule has 88 valence electrons. The molecule has 3 nitrogen and oxygen atoms in total. The highest BCUT2D eigenvalue weighted by atomic mass is 79.9. The number of hydrogen-bond acceptors (Lipinski definition) is 3. The number of rotatable bonds is 2. The molecule has 2 rings (SSSR count). The molecule has 5 heteroatoms. The Morgan fingerprint density at radius 2 is 2.06 bits per heavy atom. The third-order valence-electron chi connectivity index (χ3n) is 3.09. The minimum absolute atomic E-state index is 0.276. The van der Waals surface area contributed by atoms with E-state index in [0.29, 0.717) is 13.1 Å². The molecule has 0 atom stereocenters. The lowest BCUT2D eigenvalue weighted by atomic mass is 9.83. The highest BCUT2D eigenvalue weighted by molar-refractivity contribution is 9.11. The SMILES string of the molecule is CC(C)C1(O)CN(c2ncc(Br)cc2Br)C1. The average molecular weight is 350 g/mol. The van der Waals surface area contributed by atoms with Gasteiger partial charge in [0.2, 0.25) is 0 Å². The van der Waals surface area contributed by atoms with Crippen molar-refractivity contribution in [1.82, 2.24) is 4.98 Å². The van der Waals surface area contributed by atoms with Gasteiger partial charge in [0.15, 0.2) is 0 Å². The van der Waals surface area contributed by atoms with Gasteiger partial charge in [0.05, 0.1) is 17.6 Å². The van der Waals surface area contributed by atoms with Crippen molar-refractivity contribution in [1.29, 1.82) is 0 Å². The van der Waals surface area contributed by atoms with Gasteiger partial charge < -0.3 is 10.0 Å². The molecule has 1 aromatic rings. The molecule has 1 N–H and O–H groups in total. The maximum absolute atomic E-state index is 10.2. The molecule has 0 unspecified atom stereocenters. The zero-order valence-corrected chi connectivity index (χ0v) is 12.4. The molecule has 1 aromatic heterocycles. The van der Waals surface area contributed by atoms with Crippen LogP contribution in [0, 0.1) is 5.92 Å². The van der Waals surface area contributed by atoms with Crippen LogP contribution < -0.4 is 4.90 Å². The first-order valence-corrected chi connectivity index (χ1v) is 6.79. The number of β-amino-alcohol motifs (C(OH)–C–C–N with tert-alkyl or cyclic N) is 1. The van der Waals surface area contributed by atoms with Crippen LogP contribution in [0.4, 0.5) is 5.82 Å². The van der Waals surface area contributed by atoms with E-state index in [-0.39, 0.29) is 5.92 Å². The summed E-state index contributed by atoms with van der Waals surface area (Å²) in [5.41, 5.74) is -0.561. The predicted octanol–water partition coefficient (Wildman–Crippen LogP) is 2.81. The van der Waals surface area contributed by atoms with E-state index < -0.39 is 5.60 Å². The zero-order valence-electron chi connectivity index (χ0n) is 9.24. The fraction of sp³-hybridized carbons (Fsp3) is 0.545. The van der Waals surface area contributed by atoms with Crippen LogP contribution in [0.3, 0.4) is 0 Å².